The van der Waals surface area contributed by atoms with E-state index in [1.165, 1.54) is 27.0 Å². The number of carbonyl (C=O) groups is 3. The van der Waals surface area contributed by atoms with Crippen LogP contribution in [0, 0.1) is 17.8 Å². The molecule has 0 spiro atoms. The van der Waals surface area contributed by atoms with Gasteiger partial charge < -0.3 is 54.2 Å². The molecule has 358 valence electrons. The molecule has 0 unspecified atom stereocenters. The molecule has 2 aliphatic heterocycles. The van der Waals surface area contributed by atoms with Crippen molar-refractivity contribution in [2.45, 2.75) is 168 Å². The molecule has 2 aromatic heterocycles. The Morgan fingerprint density at radius 1 is 1.03 bits per heavy atom. The van der Waals surface area contributed by atoms with E-state index in [0.29, 0.717) is 35.8 Å². The SMILES string of the molecule is CCC(=O)/N=C1\[C@H](C)C[C@@](C)(O)[C@H](O[C@@H]2O[C@H](C)C[C@H](N(C)C)[C@H]2O)[C@@H](C)C(=O)[C@](C)(F)C(=O)O[C@H](CC)[C@@](C)(O)[C@H](OC/C(CC)=N\OCc2coc(-c3cccc(N)n3)n2)[C@H]1C. The first-order valence-corrected chi connectivity index (χ1v) is 22.0. The van der Waals surface area contributed by atoms with Gasteiger partial charge in [0.2, 0.25) is 11.8 Å². The van der Waals surface area contributed by atoms with Crippen LogP contribution in [-0.4, -0.2) is 140 Å². The lowest BCUT2D eigenvalue weighted by Crippen LogP contribution is -2.61. The van der Waals surface area contributed by atoms with Crippen LogP contribution in [0.1, 0.15) is 107 Å². The number of rotatable bonds is 13. The third-order valence-corrected chi connectivity index (χ3v) is 12.2. The van der Waals surface area contributed by atoms with Gasteiger partial charge in [-0.3, -0.25) is 9.59 Å². The van der Waals surface area contributed by atoms with Crippen LogP contribution in [0.2, 0.25) is 0 Å². The maximum absolute atomic E-state index is 16.8. The number of cyclic esters (lactones) is 1. The zero-order valence-electron chi connectivity index (χ0n) is 39.2. The summed E-state index contributed by atoms with van der Waals surface area (Å²) in [5.74, 6) is -6.04. The van der Waals surface area contributed by atoms with Gasteiger partial charge in [-0.2, -0.15) is 0 Å². The number of ether oxygens (including phenoxy) is 4. The predicted octanol–water partition coefficient (Wildman–Crippen LogP) is 4.61. The topological polar surface area (TPSA) is 251 Å². The van der Waals surface area contributed by atoms with Crippen molar-refractivity contribution in [3.05, 3.63) is 30.2 Å². The van der Waals surface area contributed by atoms with E-state index in [4.69, 9.17) is 33.9 Å². The van der Waals surface area contributed by atoms with Crippen molar-refractivity contribution in [3.63, 3.8) is 0 Å². The average Bonchev–Trinajstić information content (AvgIpc) is 3.71. The summed E-state index contributed by atoms with van der Waals surface area (Å²) in [4.78, 5) is 61.8. The number of aliphatic imine (C=N–C) groups is 1. The summed E-state index contributed by atoms with van der Waals surface area (Å²) in [6, 6.07) is 4.63. The Labute approximate surface area is 375 Å². The fourth-order valence-electron chi connectivity index (χ4n) is 8.64. The summed E-state index contributed by atoms with van der Waals surface area (Å²) < 4.78 is 46.9. The quantitative estimate of drug-likeness (QED) is 0.0927. The third kappa shape index (κ3) is 12.3. The molecule has 5 N–H and O–H groups in total. The molecule has 2 fully saturated rings. The average molecular weight is 905 g/mol. The number of carbonyl (C=O) groups excluding carboxylic acids is 3. The zero-order chi connectivity index (χ0) is 47.9. The maximum atomic E-state index is 16.8. The largest absolute Gasteiger partial charge is 0.457 e. The van der Waals surface area contributed by atoms with E-state index in [1.807, 2.05) is 6.92 Å². The van der Waals surface area contributed by atoms with Crippen LogP contribution in [0.3, 0.4) is 0 Å². The van der Waals surface area contributed by atoms with Crippen molar-refractivity contribution < 1.29 is 62.3 Å². The molecule has 1 amide bonds. The lowest BCUT2D eigenvalue weighted by atomic mass is 9.73. The molecule has 0 saturated carbocycles. The number of Topliss-reactive ketones (excluding diaryl/α,β-unsaturated/α-hetero) is 1. The van der Waals surface area contributed by atoms with Crippen molar-refractivity contribution in [3.8, 4) is 11.6 Å². The van der Waals surface area contributed by atoms with Gasteiger partial charge in [0.05, 0.1) is 36.2 Å². The Balaban J connectivity index is 1.74. The molecule has 18 nitrogen and oxygen atoms in total. The first-order chi connectivity index (χ1) is 29.9. The smallest absolute Gasteiger partial charge is 0.351 e. The number of halogens is 1. The number of aliphatic hydroxyl groups is 3. The van der Waals surface area contributed by atoms with Gasteiger partial charge in [-0.05, 0) is 85.5 Å². The van der Waals surface area contributed by atoms with Gasteiger partial charge in [0.25, 0.3) is 5.67 Å². The number of oxime groups is 1. The Hall–Kier alpha value is -4.24. The number of oxazole rings is 1. The predicted molar refractivity (Wildman–Crippen MR) is 234 cm³/mol. The minimum atomic E-state index is -3.29. The van der Waals surface area contributed by atoms with E-state index in [2.05, 4.69) is 20.1 Å². The number of alkyl halides is 1. The van der Waals surface area contributed by atoms with Crippen molar-refractivity contribution >= 4 is 34.9 Å². The van der Waals surface area contributed by atoms with Crippen molar-refractivity contribution in [2.75, 3.05) is 26.4 Å². The number of nitrogen functional groups attached to an aromatic ring is 1. The van der Waals surface area contributed by atoms with Gasteiger partial charge in [-0.15, -0.1) is 0 Å². The zero-order valence-corrected chi connectivity index (χ0v) is 39.2. The van der Waals surface area contributed by atoms with E-state index >= 15 is 4.39 Å². The number of likely N-dealkylation sites (N-methyl/N-ethyl adjacent to an activating group) is 1. The second kappa shape index (κ2) is 21.8. The number of nitrogens with two attached hydrogens (primary N) is 1. The summed E-state index contributed by atoms with van der Waals surface area (Å²) in [6.07, 6.45) is -5.43. The molecular formula is C45H69FN6O12. The standard InChI is InChI=1S/C45H69FN6O12/c1-13-28(51-61-23-29-22-60-40(48-29)30-17-16-18-33(47)49-30)21-59-39-26(6)35(50-34(53)15-3)24(4)20-43(8,57)38(64-41-36(54)31(52(11)12)19-25(5)62-41)27(7)37(55)44(9,46)42(56)63-32(14-2)45(39,10)58/h16-18,22,24-27,31-32,36,38-39,41,54,57-58H,13-15,19-21,23H2,1-12H3,(H2,47,49)/b50-35+,51-28-/t24-,25-,26+,27+,31+,32-,36-,38-,39-,41+,43-,44+,45-/m1/s1. The van der Waals surface area contributed by atoms with Crippen LogP contribution >= 0.6 is 0 Å². The Morgan fingerprint density at radius 2 is 1.72 bits per heavy atom. The van der Waals surface area contributed by atoms with E-state index in [0.717, 1.165) is 6.92 Å². The number of hydrogen-bond acceptors (Lipinski definition) is 17. The minimum Gasteiger partial charge on any atom is -0.457 e. The van der Waals surface area contributed by atoms with Crippen molar-refractivity contribution in [1.29, 1.82) is 0 Å². The van der Waals surface area contributed by atoms with E-state index < -0.39 is 95.1 Å². The second-order valence-corrected chi connectivity index (χ2v) is 18.0. The summed E-state index contributed by atoms with van der Waals surface area (Å²) in [7, 11) is 3.57. The van der Waals surface area contributed by atoms with Crippen LogP contribution in [0.5, 0.6) is 0 Å². The number of hydrogen-bond donors (Lipinski definition) is 4. The monoisotopic (exact) mass is 904 g/mol. The van der Waals surface area contributed by atoms with Crippen LogP contribution in [0.4, 0.5) is 10.2 Å². The molecule has 4 heterocycles. The lowest BCUT2D eigenvalue weighted by Gasteiger charge is -2.46. The molecule has 13 atom stereocenters. The normalized spacial score (nSPS) is 35.6. The van der Waals surface area contributed by atoms with Gasteiger partial charge in [-0.1, -0.05) is 52.8 Å². The molecule has 19 heteroatoms. The highest BCUT2D eigenvalue weighted by Crippen LogP contribution is 2.39. The number of nitrogens with zero attached hydrogens (tertiary/aromatic N) is 5. The molecule has 0 radical (unpaired) electrons. The Kier molecular flexibility index (Phi) is 17.9. The number of pyridine rings is 1. The van der Waals surface area contributed by atoms with Crippen LogP contribution in [0.25, 0.3) is 11.6 Å². The highest BCUT2D eigenvalue weighted by atomic mass is 19.1. The molecule has 0 bridgehead atoms. The highest BCUT2D eigenvalue weighted by molar-refractivity contribution is 6.08. The van der Waals surface area contributed by atoms with E-state index in [-0.39, 0.29) is 44.1 Å². The fourth-order valence-corrected chi connectivity index (χ4v) is 8.64. The summed E-state index contributed by atoms with van der Waals surface area (Å²) >= 11 is 0. The molecule has 2 aliphatic rings. The van der Waals surface area contributed by atoms with Crippen molar-refractivity contribution in [2.24, 2.45) is 27.9 Å². The number of ketones is 1. The summed E-state index contributed by atoms with van der Waals surface area (Å²) in [5.41, 5.74) is -0.166. The number of esters is 1. The van der Waals surface area contributed by atoms with E-state index in [1.54, 1.807) is 71.8 Å². The molecule has 4 rings (SSSR count). The van der Waals surface area contributed by atoms with Crippen LogP contribution in [0.15, 0.2) is 39.0 Å². The number of amides is 1. The molecule has 0 aromatic carbocycles. The van der Waals surface area contributed by atoms with Crippen LogP contribution in [-0.2, 0) is 44.8 Å². The first kappa shape index (κ1) is 52.4. The van der Waals surface area contributed by atoms with Gasteiger partial charge in [0.1, 0.15) is 41.3 Å². The Morgan fingerprint density at radius 3 is 2.33 bits per heavy atom. The summed E-state index contributed by atoms with van der Waals surface area (Å²) in [5, 5.41) is 40.6. The maximum Gasteiger partial charge on any atom is 0.351 e. The van der Waals surface area contributed by atoms with E-state index in [9.17, 15) is 29.7 Å². The Bertz CT molecular complexity index is 1970. The van der Waals surface area contributed by atoms with Gasteiger partial charge in [-0.25, -0.2) is 24.1 Å². The number of aromatic nitrogens is 2. The fraction of sp³-hybridized carbons (Fsp3) is 0.711. The number of aliphatic hydroxyl groups excluding tert-OH is 1. The highest BCUT2D eigenvalue weighted by Gasteiger charge is 2.55. The van der Waals surface area contributed by atoms with Crippen LogP contribution < -0.4 is 5.73 Å². The molecule has 0 aliphatic carbocycles. The second-order valence-electron chi connectivity index (χ2n) is 18.0. The molecular weight excluding hydrogens is 836 g/mol. The molecule has 2 aromatic rings. The van der Waals surface area contributed by atoms with Gasteiger partial charge in [0, 0.05) is 30.0 Å². The summed E-state index contributed by atoms with van der Waals surface area (Å²) in [6.45, 7) is 14.8. The van der Waals surface area contributed by atoms with Gasteiger partial charge >= 0.3 is 5.97 Å². The third-order valence-electron chi connectivity index (χ3n) is 12.2. The minimum absolute atomic E-state index is 0.0256. The lowest BCUT2D eigenvalue weighted by molar-refractivity contribution is -0.293. The van der Waals surface area contributed by atoms with Crippen molar-refractivity contribution in [1.82, 2.24) is 14.9 Å². The van der Waals surface area contributed by atoms with Gasteiger partial charge in [0.15, 0.2) is 18.7 Å². The first-order valence-electron chi connectivity index (χ1n) is 22.0. The number of anilines is 1. The molecule has 2 saturated heterocycles. The molecule has 64 heavy (non-hydrogen) atoms.